The Kier molecular flexibility index (Phi) is 4.59. The lowest BCUT2D eigenvalue weighted by Gasteiger charge is -2.47. The molecule has 23 heavy (non-hydrogen) atoms. The summed E-state index contributed by atoms with van der Waals surface area (Å²) in [6.07, 6.45) is -0.480. The summed E-state index contributed by atoms with van der Waals surface area (Å²) in [5, 5.41) is 19.5. The molecule has 1 aliphatic rings. The third kappa shape index (κ3) is 3.28. The monoisotopic (exact) mass is 338 g/mol. The normalized spacial score (nSPS) is 25.0. The molecule has 0 aliphatic carbocycles. The maximum absolute atomic E-state index is 14.4. The minimum Gasteiger partial charge on any atom is -0.465 e. The van der Waals surface area contributed by atoms with Crippen LogP contribution in [0.15, 0.2) is 18.2 Å². The Balaban J connectivity index is 2.48. The second-order valence-corrected chi connectivity index (χ2v) is 7.57. The van der Waals surface area contributed by atoms with Crippen molar-refractivity contribution in [3.8, 4) is 6.07 Å². The van der Waals surface area contributed by atoms with Crippen molar-refractivity contribution < 1.29 is 14.3 Å². The number of nitrogens with zero attached hydrogens (tertiary/aromatic N) is 2. The van der Waals surface area contributed by atoms with Crippen LogP contribution in [0.2, 0.25) is 5.02 Å². The van der Waals surface area contributed by atoms with E-state index < -0.39 is 17.3 Å². The smallest absolute Gasteiger partial charge is 0.407 e. The van der Waals surface area contributed by atoms with Gasteiger partial charge in [0.05, 0.1) is 11.5 Å². The SMILES string of the molecule is CC(C)(C)C1CC(C#N)(c2ccc(Cl)cc2F)CCN1C(=O)O. The zero-order valence-electron chi connectivity index (χ0n) is 13.4. The van der Waals surface area contributed by atoms with Crippen LogP contribution in [0.25, 0.3) is 0 Å². The molecule has 2 unspecified atom stereocenters. The van der Waals surface area contributed by atoms with Crippen molar-refractivity contribution in [2.24, 2.45) is 5.41 Å². The van der Waals surface area contributed by atoms with Crippen molar-refractivity contribution in [1.82, 2.24) is 4.90 Å². The zero-order valence-corrected chi connectivity index (χ0v) is 14.2. The highest BCUT2D eigenvalue weighted by Crippen LogP contribution is 2.44. The van der Waals surface area contributed by atoms with Gasteiger partial charge in [0, 0.05) is 23.2 Å². The van der Waals surface area contributed by atoms with Crippen molar-refractivity contribution in [3.63, 3.8) is 0 Å². The first-order chi connectivity index (χ1) is 10.6. The Morgan fingerprint density at radius 2 is 2.17 bits per heavy atom. The highest BCUT2D eigenvalue weighted by Gasteiger charge is 2.48. The van der Waals surface area contributed by atoms with E-state index in [1.807, 2.05) is 20.8 Å². The van der Waals surface area contributed by atoms with Gasteiger partial charge in [0.15, 0.2) is 0 Å². The molecule has 6 heteroatoms. The Morgan fingerprint density at radius 3 is 2.65 bits per heavy atom. The second-order valence-electron chi connectivity index (χ2n) is 7.13. The lowest BCUT2D eigenvalue weighted by Crippen LogP contribution is -2.55. The number of hydrogen-bond acceptors (Lipinski definition) is 2. The van der Waals surface area contributed by atoms with Gasteiger partial charge < -0.3 is 10.0 Å². The summed E-state index contributed by atoms with van der Waals surface area (Å²) in [6, 6.07) is 6.18. The van der Waals surface area contributed by atoms with Crippen LogP contribution in [0.4, 0.5) is 9.18 Å². The molecule has 0 bridgehead atoms. The molecule has 1 heterocycles. The summed E-state index contributed by atoms with van der Waals surface area (Å²) in [6.45, 7) is 5.99. The second kappa shape index (κ2) is 6.01. The van der Waals surface area contributed by atoms with E-state index in [0.29, 0.717) is 5.56 Å². The molecule has 1 fully saturated rings. The predicted octanol–water partition coefficient (Wildman–Crippen LogP) is 4.43. The number of benzene rings is 1. The number of carbonyl (C=O) groups is 1. The lowest BCUT2D eigenvalue weighted by atomic mass is 9.66. The van der Waals surface area contributed by atoms with E-state index in [1.54, 1.807) is 6.07 Å². The number of piperidine rings is 1. The van der Waals surface area contributed by atoms with E-state index in [9.17, 15) is 19.6 Å². The molecule has 0 saturated carbocycles. The quantitative estimate of drug-likeness (QED) is 0.823. The number of halogens is 2. The van der Waals surface area contributed by atoms with E-state index in [1.165, 1.54) is 17.0 Å². The van der Waals surface area contributed by atoms with Gasteiger partial charge in [-0.05, 0) is 30.4 Å². The fourth-order valence-corrected chi connectivity index (χ4v) is 3.45. The third-order valence-electron chi connectivity index (χ3n) is 4.60. The molecule has 1 aliphatic heterocycles. The summed E-state index contributed by atoms with van der Waals surface area (Å²) in [5.74, 6) is -0.518. The third-order valence-corrected chi connectivity index (χ3v) is 4.84. The average Bonchev–Trinajstić information content (AvgIpc) is 2.45. The summed E-state index contributed by atoms with van der Waals surface area (Å²) in [5.41, 5.74) is -1.11. The minimum absolute atomic E-state index is 0.201. The fraction of sp³-hybridized carbons (Fsp3) is 0.529. The van der Waals surface area contributed by atoms with Gasteiger partial charge in [-0.3, -0.25) is 0 Å². The van der Waals surface area contributed by atoms with Gasteiger partial charge in [0.2, 0.25) is 0 Å². The molecule has 4 nitrogen and oxygen atoms in total. The Hall–Kier alpha value is -1.80. The average molecular weight is 339 g/mol. The summed E-state index contributed by atoms with van der Waals surface area (Å²) < 4.78 is 14.4. The molecule has 0 aromatic heterocycles. The molecule has 1 aromatic carbocycles. The first kappa shape index (κ1) is 17.6. The predicted molar refractivity (Wildman–Crippen MR) is 85.9 cm³/mol. The number of hydrogen-bond donors (Lipinski definition) is 1. The molecule has 1 saturated heterocycles. The van der Waals surface area contributed by atoms with Crippen LogP contribution in [0.1, 0.15) is 39.2 Å². The first-order valence-electron chi connectivity index (χ1n) is 7.47. The molecule has 2 atom stereocenters. The molecular weight excluding hydrogens is 319 g/mol. The zero-order chi connectivity index (χ0) is 17.4. The van der Waals surface area contributed by atoms with Crippen LogP contribution in [-0.4, -0.2) is 28.7 Å². The maximum Gasteiger partial charge on any atom is 0.407 e. The van der Waals surface area contributed by atoms with Gasteiger partial charge in [-0.15, -0.1) is 0 Å². The van der Waals surface area contributed by atoms with E-state index in [2.05, 4.69) is 6.07 Å². The van der Waals surface area contributed by atoms with Crippen LogP contribution in [0, 0.1) is 22.6 Å². The van der Waals surface area contributed by atoms with Crippen LogP contribution in [0.5, 0.6) is 0 Å². The molecule has 2 rings (SSSR count). The molecule has 1 aromatic rings. The van der Waals surface area contributed by atoms with Gasteiger partial charge in [0.25, 0.3) is 0 Å². The molecule has 1 amide bonds. The van der Waals surface area contributed by atoms with Crippen LogP contribution < -0.4 is 0 Å². The standard InChI is InChI=1S/C17H20ClFN2O2/c1-16(2,3)14-9-17(10-20,6-7-21(14)15(22)23)12-5-4-11(18)8-13(12)19/h4-5,8,14H,6-7,9H2,1-3H3,(H,22,23). The molecular formula is C17H20ClFN2O2. The first-order valence-corrected chi connectivity index (χ1v) is 7.85. The van der Waals surface area contributed by atoms with E-state index in [0.717, 1.165) is 0 Å². The van der Waals surface area contributed by atoms with E-state index in [4.69, 9.17) is 11.6 Å². The Morgan fingerprint density at radius 1 is 1.52 bits per heavy atom. The van der Waals surface area contributed by atoms with Crippen LogP contribution >= 0.6 is 11.6 Å². The van der Waals surface area contributed by atoms with Crippen molar-refractivity contribution in [3.05, 3.63) is 34.6 Å². The fourth-order valence-electron chi connectivity index (χ4n) is 3.30. The molecule has 0 radical (unpaired) electrons. The Bertz CT molecular complexity index is 666. The number of likely N-dealkylation sites (tertiary alicyclic amines) is 1. The van der Waals surface area contributed by atoms with Crippen molar-refractivity contribution >= 4 is 17.7 Å². The van der Waals surface area contributed by atoms with Crippen molar-refractivity contribution in [2.75, 3.05) is 6.54 Å². The van der Waals surface area contributed by atoms with Gasteiger partial charge >= 0.3 is 6.09 Å². The van der Waals surface area contributed by atoms with Crippen LogP contribution in [-0.2, 0) is 5.41 Å². The minimum atomic E-state index is -1.04. The topological polar surface area (TPSA) is 64.3 Å². The van der Waals surface area contributed by atoms with Gasteiger partial charge in [-0.25, -0.2) is 9.18 Å². The maximum atomic E-state index is 14.4. The van der Waals surface area contributed by atoms with Crippen molar-refractivity contribution in [2.45, 2.75) is 45.1 Å². The molecule has 1 N–H and O–H groups in total. The largest absolute Gasteiger partial charge is 0.465 e. The number of rotatable bonds is 1. The van der Waals surface area contributed by atoms with E-state index >= 15 is 0 Å². The van der Waals surface area contributed by atoms with Gasteiger partial charge in [0.1, 0.15) is 5.82 Å². The van der Waals surface area contributed by atoms with Crippen molar-refractivity contribution in [1.29, 1.82) is 5.26 Å². The highest BCUT2D eigenvalue weighted by molar-refractivity contribution is 6.30. The lowest BCUT2D eigenvalue weighted by molar-refractivity contribution is 0.0407. The summed E-state index contributed by atoms with van der Waals surface area (Å²) >= 11 is 5.80. The highest BCUT2D eigenvalue weighted by atomic mass is 35.5. The summed E-state index contributed by atoms with van der Waals surface area (Å²) in [7, 11) is 0. The van der Waals surface area contributed by atoms with Gasteiger partial charge in [-0.2, -0.15) is 5.26 Å². The molecule has 124 valence electrons. The Labute approximate surface area is 140 Å². The number of carboxylic acid groups (broad SMARTS) is 1. The summed E-state index contributed by atoms with van der Waals surface area (Å²) in [4.78, 5) is 12.9. The molecule has 0 spiro atoms. The number of amides is 1. The van der Waals surface area contributed by atoms with Gasteiger partial charge in [-0.1, -0.05) is 38.4 Å². The van der Waals surface area contributed by atoms with Crippen LogP contribution in [0.3, 0.4) is 0 Å². The van der Waals surface area contributed by atoms with E-state index in [-0.39, 0.29) is 35.9 Å². The number of nitriles is 1.